The van der Waals surface area contributed by atoms with Crippen molar-refractivity contribution in [2.75, 3.05) is 40.4 Å². The van der Waals surface area contributed by atoms with Gasteiger partial charge in [-0.2, -0.15) is 5.10 Å². The zero-order valence-electron chi connectivity index (χ0n) is 38.7. The van der Waals surface area contributed by atoms with E-state index in [0.717, 1.165) is 45.1 Å². The average Bonchev–Trinajstić information content (AvgIpc) is 4.02. The summed E-state index contributed by atoms with van der Waals surface area (Å²) < 4.78 is 15.6. The van der Waals surface area contributed by atoms with E-state index in [9.17, 15) is 29.1 Å². The van der Waals surface area contributed by atoms with Crippen molar-refractivity contribution in [1.29, 1.82) is 0 Å². The van der Waals surface area contributed by atoms with Gasteiger partial charge in [0.1, 0.15) is 24.5 Å². The number of aryl methyl sites for hydroxylation is 1. The molecule has 6 heterocycles. The number of amides is 4. The SMILES string of the molecule is C=CC(=O)N1CC[C@@](O)(C(=O)N(C)[C@H](C(=O)N[C@H]2Cn3cnc(n3)-c3ccc4c(c3)c(c(-c3cccnc3[C@H](C)OC)n4CC)CC(C)(C)COC(=O)[C@@H]3CCCN(N3)C2=O)C(C)C)C1. The standard InChI is InChI=1S/C47H62N10O8/c1-10-37(58)54-21-18-47(63,25-54)45(62)53(8)39(28(3)4)42(59)50-35-24-55-27-49-41(52-55)30-16-17-36-32(22-30)33(40(56(36)11-2)31-14-12-19-48-38(31)29(5)64-9)23-46(6,7)26-65-44(61)34-15-13-20-57(51-34)43(35)60/h10,12,14,16-17,19,22,27-29,34-35,39,51,63H,1,11,13,15,18,20-21,23-26H2,2-9H3,(H,50,59)/t29-,34-,35-,39-,47-/m0/s1. The molecule has 3 aliphatic heterocycles. The fourth-order valence-electron chi connectivity index (χ4n) is 9.44. The van der Waals surface area contributed by atoms with Gasteiger partial charge in [-0.05, 0) is 81.0 Å². The Bertz CT molecular complexity index is 2480. The molecule has 7 rings (SSSR count). The molecule has 2 fully saturated rings. The number of rotatable bonds is 10. The molecule has 65 heavy (non-hydrogen) atoms. The van der Waals surface area contributed by atoms with Crippen LogP contribution in [0.2, 0.25) is 0 Å². The van der Waals surface area contributed by atoms with Crippen molar-refractivity contribution >= 4 is 40.5 Å². The van der Waals surface area contributed by atoms with Gasteiger partial charge in [0.05, 0.1) is 37.2 Å². The summed E-state index contributed by atoms with van der Waals surface area (Å²) in [6, 6.07) is 6.87. The highest BCUT2D eigenvalue weighted by Gasteiger charge is 2.48. The van der Waals surface area contributed by atoms with Gasteiger partial charge in [0.2, 0.25) is 11.8 Å². The molecule has 4 aromatic rings. The highest BCUT2D eigenvalue weighted by atomic mass is 16.5. The summed E-state index contributed by atoms with van der Waals surface area (Å²) in [6.45, 7) is 16.0. The topological polar surface area (TPSA) is 206 Å². The van der Waals surface area contributed by atoms with Gasteiger partial charge in [0, 0.05) is 73.9 Å². The van der Waals surface area contributed by atoms with E-state index in [2.05, 4.69) is 65.8 Å². The number of fused-ring (bicyclic) bond motifs is 6. The van der Waals surface area contributed by atoms with Crippen molar-refractivity contribution in [3.8, 4) is 22.6 Å². The van der Waals surface area contributed by atoms with E-state index >= 15 is 0 Å². The summed E-state index contributed by atoms with van der Waals surface area (Å²) in [7, 11) is 3.09. The van der Waals surface area contributed by atoms with E-state index < -0.39 is 64.7 Å². The second kappa shape index (κ2) is 18.9. The maximum Gasteiger partial charge on any atom is 0.324 e. The number of cyclic esters (lactones) is 1. The minimum Gasteiger partial charge on any atom is -0.464 e. The maximum absolute atomic E-state index is 14.6. The van der Waals surface area contributed by atoms with Gasteiger partial charge in [0.15, 0.2) is 11.4 Å². The van der Waals surface area contributed by atoms with Crippen LogP contribution in [0.3, 0.4) is 0 Å². The predicted molar refractivity (Wildman–Crippen MR) is 241 cm³/mol. The number of carbonyl (C=O) groups excluding carboxylic acids is 5. The number of pyridine rings is 1. The Morgan fingerprint density at radius 2 is 1.92 bits per heavy atom. The summed E-state index contributed by atoms with van der Waals surface area (Å²) in [5.41, 5.74) is 6.11. The fourth-order valence-corrected chi connectivity index (χ4v) is 9.44. The molecule has 18 nitrogen and oxygen atoms in total. The zero-order valence-corrected chi connectivity index (χ0v) is 38.7. The number of carbonyl (C=O) groups is 5. The molecule has 1 aromatic carbocycles. The van der Waals surface area contributed by atoms with Gasteiger partial charge < -0.3 is 34.3 Å². The molecule has 3 N–H and O–H groups in total. The highest BCUT2D eigenvalue weighted by Crippen LogP contribution is 2.41. The van der Waals surface area contributed by atoms with Crippen LogP contribution < -0.4 is 10.7 Å². The van der Waals surface area contributed by atoms with Crippen LogP contribution in [0.5, 0.6) is 0 Å². The van der Waals surface area contributed by atoms with Gasteiger partial charge >= 0.3 is 5.97 Å². The molecule has 0 spiro atoms. The van der Waals surface area contributed by atoms with E-state index in [0.29, 0.717) is 31.6 Å². The highest BCUT2D eigenvalue weighted by molar-refractivity contribution is 5.96. The Morgan fingerprint density at radius 3 is 2.63 bits per heavy atom. The smallest absolute Gasteiger partial charge is 0.324 e. The van der Waals surface area contributed by atoms with E-state index in [1.165, 1.54) is 32.9 Å². The second-order valence-electron chi connectivity index (χ2n) is 18.6. The van der Waals surface area contributed by atoms with Crippen molar-refractivity contribution in [3.63, 3.8) is 0 Å². The van der Waals surface area contributed by atoms with E-state index in [-0.39, 0.29) is 45.3 Å². The molecule has 0 aliphatic carbocycles. The number of benzene rings is 1. The van der Waals surface area contributed by atoms with Crippen molar-refractivity contribution in [1.82, 2.24) is 49.9 Å². The van der Waals surface area contributed by atoms with E-state index in [1.54, 1.807) is 27.2 Å². The average molecular weight is 895 g/mol. The normalized spacial score (nSPS) is 22.3. The molecule has 6 bridgehead atoms. The summed E-state index contributed by atoms with van der Waals surface area (Å²) in [5, 5.41) is 21.5. The molecule has 2 saturated heterocycles. The number of aromatic nitrogens is 5. The zero-order chi connectivity index (χ0) is 47.0. The van der Waals surface area contributed by atoms with Crippen LogP contribution in [0.1, 0.15) is 78.2 Å². The minimum atomic E-state index is -1.92. The largest absolute Gasteiger partial charge is 0.464 e. The molecule has 4 amide bonds. The maximum atomic E-state index is 14.6. The van der Waals surface area contributed by atoms with Crippen molar-refractivity contribution < 1.29 is 38.6 Å². The van der Waals surface area contributed by atoms with Gasteiger partial charge in [-0.15, -0.1) is 0 Å². The van der Waals surface area contributed by atoms with Crippen molar-refractivity contribution in [2.24, 2.45) is 11.3 Å². The molecular weight excluding hydrogens is 833 g/mol. The third kappa shape index (κ3) is 9.42. The third-order valence-electron chi connectivity index (χ3n) is 12.9. The first kappa shape index (κ1) is 47.0. The van der Waals surface area contributed by atoms with E-state index in [1.807, 2.05) is 19.1 Å². The lowest BCUT2D eigenvalue weighted by Gasteiger charge is -2.37. The van der Waals surface area contributed by atoms with Crippen LogP contribution in [-0.2, 0) is 53.0 Å². The molecule has 18 heteroatoms. The van der Waals surface area contributed by atoms with Gasteiger partial charge in [-0.3, -0.25) is 34.0 Å². The summed E-state index contributed by atoms with van der Waals surface area (Å²) in [6.07, 6.45) is 5.54. The molecule has 0 saturated carbocycles. The Labute approximate surface area is 379 Å². The third-order valence-corrected chi connectivity index (χ3v) is 12.9. The predicted octanol–water partition coefficient (Wildman–Crippen LogP) is 3.43. The summed E-state index contributed by atoms with van der Waals surface area (Å²) >= 11 is 0. The van der Waals surface area contributed by atoms with E-state index in [4.69, 9.17) is 19.6 Å². The second-order valence-corrected chi connectivity index (χ2v) is 18.6. The van der Waals surface area contributed by atoms with Gasteiger partial charge in [-0.1, -0.05) is 34.3 Å². The number of aliphatic hydroxyl groups is 1. The first-order valence-corrected chi connectivity index (χ1v) is 22.4. The van der Waals surface area contributed by atoms with Gasteiger partial charge in [0.25, 0.3) is 11.8 Å². The fraction of sp³-hybridized carbons (Fsp3) is 0.532. The van der Waals surface area contributed by atoms with Crippen molar-refractivity contribution in [3.05, 3.63) is 66.8 Å². The molecule has 3 aliphatic rings. The Kier molecular flexibility index (Phi) is 13.6. The molecule has 0 radical (unpaired) electrons. The van der Waals surface area contributed by atoms with Crippen LogP contribution in [-0.4, -0.2) is 138 Å². The first-order chi connectivity index (χ1) is 30.9. The number of esters is 1. The Hall–Kier alpha value is -5.98. The number of likely N-dealkylation sites (N-methyl/N-ethyl adjacent to an activating group) is 1. The van der Waals surface area contributed by atoms with Crippen LogP contribution >= 0.6 is 0 Å². The molecular formula is C47H62N10O8. The number of hydrazine groups is 1. The molecule has 0 unspecified atom stereocenters. The Morgan fingerprint density at radius 1 is 1.15 bits per heavy atom. The number of likely N-dealkylation sites (tertiary alicyclic amines) is 1. The quantitative estimate of drug-likeness (QED) is 0.155. The van der Waals surface area contributed by atoms with Crippen molar-refractivity contribution in [2.45, 2.75) is 110 Å². The van der Waals surface area contributed by atoms with Crippen LogP contribution in [0.15, 0.2) is 55.5 Å². The monoisotopic (exact) mass is 894 g/mol. The summed E-state index contributed by atoms with van der Waals surface area (Å²) in [5.74, 6) is -2.87. The lowest BCUT2D eigenvalue weighted by Crippen LogP contribution is -2.63. The molecule has 348 valence electrons. The number of nitrogens with one attached hydrogen (secondary N) is 2. The Balaban J connectivity index is 1.27. The first-order valence-electron chi connectivity index (χ1n) is 22.4. The number of nitrogens with zero attached hydrogens (tertiary/aromatic N) is 8. The number of hydrogen-bond acceptors (Lipinski definition) is 12. The molecule has 3 aromatic heterocycles. The number of hydrogen-bond donors (Lipinski definition) is 3. The molecule has 5 atom stereocenters. The summed E-state index contributed by atoms with van der Waals surface area (Å²) in [4.78, 5) is 81.0. The van der Waals surface area contributed by atoms with Crippen LogP contribution in [0.25, 0.3) is 33.5 Å². The number of ether oxygens (including phenoxy) is 2. The van der Waals surface area contributed by atoms with Crippen LogP contribution in [0.4, 0.5) is 0 Å². The number of methoxy groups -OCH3 is 1. The van der Waals surface area contributed by atoms with Gasteiger partial charge in [-0.25, -0.2) is 15.1 Å². The van der Waals surface area contributed by atoms with Crippen LogP contribution in [0, 0.1) is 11.3 Å². The number of β-amino-alcohol motifs (C(OH)–C–C–N with tert-alkyl or cyclic N) is 1. The lowest BCUT2D eigenvalue weighted by atomic mass is 9.84. The lowest BCUT2D eigenvalue weighted by molar-refractivity contribution is -0.156. The minimum absolute atomic E-state index is 0.0153.